The summed E-state index contributed by atoms with van der Waals surface area (Å²) in [5.41, 5.74) is 5.59. The third-order valence-electron chi connectivity index (χ3n) is 2.44. The zero-order chi connectivity index (χ0) is 14.8. The number of ether oxygens (including phenoxy) is 1. The summed E-state index contributed by atoms with van der Waals surface area (Å²) in [5, 5.41) is 0. The minimum atomic E-state index is -4.80. The van der Waals surface area contributed by atoms with Gasteiger partial charge in [-0.05, 0) is 23.8 Å². The van der Waals surface area contributed by atoms with Crippen LogP contribution in [0.5, 0.6) is 5.75 Å². The normalized spacial score (nSPS) is 11.2. The molecule has 104 valence electrons. The lowest BCUT2D eigenvalue weighted by molar-refractivity contribution is -0.274. The first-order valence-corrected chi connectivity index (χ1v) is 5.48. The van der Waals surface area contributed by atoms with Gasteiger partial charge in [-0.15, -0.1) is 13.2 Å². The van der Waals surface area contributed by atoms with Crippen LogP contribution in [0.1, 0.15) is 10.5 Å². The standard InChI is InChI=1S/C13H9F3N2O2/c14-13(15,16)20-11-4-2-1-3-9(11)8-5-6-18-10(7-8)12(17)19/h1-7H,(H2,17,19). The highest BCUT2D eigenvalue weighted by molar-refractivity contribution is 5.92. The van der Waals surface area contributed by atoms with Gasteiger partial charge in [0.05, 0.1) is 0 Å². The average molecular weight is 282 g/mol. The van der Waals surface area contributed by atoms with Gasteiger partial charge < -0.3 is 10.5 Å². The zero-order valence-electron chi connectivity index (χ0n) is 10.0. The number of nitrogens with zero attached hydrogens (tertiary/aromatic N) is 1. The fraction of sp³-hybridized carbons (Fsp3) is 0.0769. The van der Waals surface area contributed by atoms with E-state index in [9.17, 15) is 18.0 Å². The number of hydrogen-bond donors (Lipinski definition) is 1. The summed E-state index contributed by atoms with van der Waals surface area (Å²) in [7, 11) is 0. The van der Waals surface area contributed by atoms with E-state index < -0.39 is 12.3 Å². The van der Waals surface area contributed by atoms with Crippen molar-refractivity contribution < 1.29 is 22.7 Å². The Morgan fingerprint density at radius 2 is 1.90 bits per heavy atom. The molecule has 1 amide bonds. The molecule has 0 aliphatic heterocycles. The number of primary amides is 1. The largest absolute Gasteiger partial charge is 0.573 e. The molecular formula is C13H9F3N2O2. The molecule has 2 rings (SSSR count). The molecule has 1 aromatic heterocycles. The third kappa shape index (κ3) is 3.25. The van der Waals surface area contributed by atoms with Crippen LogP contribution in [0.15, 0.2) is 42.6 Å². The molecule has 2 aromatic rings. The van der Waals surface area contributed by atoms with Gasteiger partial charge in [-0.1, -0.05) is 18.2 Å². The molecule has 0 atom stereocenters. The Balaban J connectivity index is 2.47. The molecular weight excluding hydrogens is 273 g/mol. The lowest BCUT2D eigenvalue weighted by atomic mass is 10.0. The van der Waals surface area contributed by atoms with Gasteiger partial charge in [0.15, 0.2) is 0 Å². The Labute approximate surface area is 112 Å². The first-order chi connectivity index (χ1) is 9.37. The zero-order valence-corrected chi connectivity index (χ0v) is 10.0. The highest BCUT2D eigenvalue weighted by atomic mass is 19.4. The number of carbonyl (C=O) groups excluding carboxylic acids is 1. The van der Waals surface area contributed by atoms with E-state index >= 15 is 0 Å². The maximum Gasteiger partial charge on any atom is 0.573 e. The Hall–Kier alpha value is -2.57. The van der Waals surface area contributed by atoms with Crippen molar-refractivity contribution in [2.75, 3.05) is 0 Å². The number of rotatable bonds is 3. The summed E-state index contributed by atoms with van der Waals surface area (Å²) in [6.07, 6.45) is -3.50. The van der Waals surface area contributed by atoms with Gasteiger partial charge >= 0.3 is 6.36 Å². The number of nitrogens with two attached hydrogens (primary N) is 1. The fourth-order valence-corrected chi connectivity index (χ4v) is 1.65. The quantitative estimate of drug-likeness (QED) is 0.941. The van der Waals surface area contributed by atoms with Crippen LogP contribution in [0.4, 0.5) is 13.2 Å². The third-order valence-corrected chi connectivity index (χ3v) is 2.44. The Bertz CT molecular complexity index is 642. The monoisotopic (exact) mass is 282 g/mol. The van der Waals surface area contributed by atoms with Gasteiger partial charge in [0.2, 0.25) is 0 Å². The molecule has 0 aliphatic carbocycles. The molecule has 0 saturated heterocycles. The molecule has 0 fully saturated rings. The van der Waals surface area contributed by atoms with Crippen molar-refractivity contribution in [1.29, 1.82) is 0 Å². The molecule has 2 N–H and O–H groups in total. The summed E-state index contributed by atoms with van der Waals surface area (Å²) >= 11 is 0. The van der Waals surface area contributed by atoms with Crippen LogP contribution in [0.3, 0.4) is 0 Å². The van der Waals surface area contributed by atoms with Gasteiger partial charge in [-0.2, -0.15) is 0 Å². The lowest BCUT2D eigenvalue weighted by Crippen LogP contribution is -2.17. The molecule has 20 heavy (non-hydrogen) atoms. The number of benzene rings is 1. The minimum absolute atomic E-state index is 0.0377. The van der Waals surface area contributed by atoms with Crippen molar-refractivity contribution in [2.24, 2.45) is 5.73 Å². The first kappa shape index (κ1) is 13.9. The summed E-state index contributed by atoms with van der Waals surface area (Å²) in [6.45, 7) is 0. The SMILES string of the molecule is NC(=O)c1cc(-c2ccccc2OC(F)(F)F)ccn1. The topological polar surface area (TPSA) is 65.2 Å². The number of hydrogen-bond acceptors (Lipinski definition) is 3. The van der Waals surface area contributed by atoms with Gasteiger partial charge in [0, 0.05) is 11.8 Å². The Morgan fingerprint density at radius 1 is 1.20 bits per heavy atom. The maximum absolute atomic E-state index is 12.3. The molecule has 0 aliphatic rings. The number of para-hydroxylation sites is 1. The van der Waals surface area contributed by atoms with Gasteiger partial charge in [-0.25, -0.2) is 0 Å². The Morgan fingerprint density at radius 3 is 2.55 bits per heavy atom. The minimum Gasteiger partial charge on any atom is -0.405 e. The van der Waals surface area contributed by atoms with E-state index in [1.807, 2.05) is 0 Å². The molecule has 7 heteroatoms. The smallest absolute Gasteiger partial charge is 0.405 e. The summed E-state index contributed by atoms with van der Waals surface area (Å²) < 4.78 is 41.0. The average Bonchev–Trinajstić information content (AvgIpc) is 2.37. The van der Waals surface area contributed by atoms with Crippen LogP contribution in [0, 0.1) is 0 Å². The summed E-state index contributed by atoms with van der Waals surface area (Å²) in [4.78, 5) is 14.8. The van der Waals surface area contributed by atoms with Crippen LogP contribution < -0.4 is 10.5 Å². The second kappa shape index (κ2) is 5.20. The molecule has 1 heterocycles. The van der Waals surface area contributed by atoms with Gasteiger partial charge in [0.1, 0.15) is 11.4 Å². The van der Waals surface area contributed by atoms with E-state index in [0.717, 1.165) is 0 Å². The molecule has 0 radical (unpaired) electrons. The number of amides is 1. The second-order valence-electron chi connectivity index (χ2n) is 3.84. The van der Waals surface area contributed by atoms with Crippen LogP contribution in [0.2, 0.25) is 0 Å². The Kier molecular flexibility index (Phi) is 3.60. The van der Waals surface area contributed by atoms with Crippen molar-refractivity contribution in [3.8, 4) is 16.9 Å². The lowest BCUT2D eigenvalue weighted by Gasteiger charge is -2.13. The predicted molar refractivity (Wildman–Crippen MR) is 64.9 cm³/mol. The van der Waals surface area contributed by atoms with Crippen LogP contribution in [-0.4, -0.2) is 17.3 Å². The van der Waals surface area contributed by atoms with E-state index in [1.54, 1.807) is 6.07 Å². The van der Waals surface area contributed by atoms with Crippen molar-refractivity contribution >= 4 is 5.91 Å². The maximum atomic E-state index is 12.3. The van der Waals surface area contributed by atoms with E-state index in [2.05, 4.69) is 9.72 Å². The van der Waals surface area contributed by atoms with Crippen molar-refractivity contribution in [2.45, 2.75) is 6.36 Å². The number of alkyl halides is 3. The van der Waals surface area contributed by atoms with Crippen LogP contribution in [0.25, 0.3) is 11.1 Å². The molecule has 0 spiro atoms. The van der Waals surface area contributed by atoms with Crippen LogP contribution in [-0.2, 0) is 0 Å². The first-order valence-electron chi connectivity index (χ1n) is 5.48. The fourth-order valence-electron chi connectivity index (χ4n) is 1.65. The number of aromatic nitrogens is 1. The number of pyridine rings is 1. The van der Waals surface area contributed by atoms with E-state index in [1.165, 1.54) is 36.5 Å². The van der Waals surface area contributed by atoms with Crippen molar-refractivity contribution in [1.82, 2.24) is 4.98 Å². The predicted octanol–water partition coefficient (Wildman–Crippen LogP) is 2.75. The molecule has 0 saturated carbocycles. The molecule has 4 nitrogen and oxygen atoms in total. The second-order valence-corrected chi connectivity index (χ2v) is 3.84. The van der Waals surface area contributed by atoms with Gasteiger partial charge in [0.25, 0.3) is 5.91 Å². The van der Waals surface area contributed by atoms with Crippen molar-refractivity contribution in [3.05, 3.63) is 48.3 Å². The van der Waals surface area contributed by atoms with E-state index in [4.69, 9.17) is 5.73 Å². The van der Waals surface area contributed by atoms with E-state index in [-0.39, 0.29) is 17.0 Å². The molecule has 0 unspecified atom stereocenters. The molecule has 1 aromatic carbocycles. The van der Waals surface area contributed by atoms with Gasteiger partial charge in [-0.3, -0.25) is 9.78 Å². The summed E-state index contributed by atoms with van der Waals surface area (Å²) in [6, 6.07) is 8.38. The number of carbonyl (C=O) groups is 1. The van der Waals surface area contributed by atoms with E-state index in [0.29, 0.717) is 5.56 Å². The molecule has 0 bridgehead atoms. The summed E-state index contributed by atoms with van der Waals surface area (Å²) in [5.74, 6) is -1.12. The number of halogens is 3. The highest BCUT2D eigenvalue weighted by Gasteiger charge is 2.32. The highest BCUT2D eigenvalue weighted by Crippen LogP contribution is 2.33. The van der Waals surface area contributed by atoms with Crippen molar-refractivity contribution in [3.63, 3.8) is 0 Å². The van der Waals surface area contributed by atoms with Crippen LogP contribution >= 0.6 is 0 Å².